The lowest BCUT2D eigenvalue weighted by atomic mass is 10.3. The van der Waals surface area contributed by atoms with Crippen LogP contribution in [0.5, 0.6) is 0 Å². The molecule has 0 saturated heterocycles. The average Bonchev–Trinajstić information content (AvgIpc) is 2.59. The van der Waals surface area contributed by atoms with E-state index in [9.17, 15) is 0 Å². The predicted molar refractivity (Wildman–Crippen MR) is 58.8 cm³/mol. The third-order valence-electron chi connectivity index (χ3n) is 2.92. The Bertz CT molecular complexity index is 325. The predicted octanol–water partition coefficient (Wildman–Crippen LogP) is 2.23. The average molecular weight is 193 g/mol. The van der Waals surface area contributed by atoms with Crippen LogP contribution in [0, 0.1) is 0 Å². The van der Waals surface area contributed by atoms with Gasteiger partial charge in [0.15, 0.2) is 0 Å². The summed E-state index contributed by atoms with van der Waals surface area (Å²) in [5.41, 5.74) is 1.41. The van der Waals surface area contributed by atoms with Crippen molar-refractivity contribution in [2.45, 2.75) is 46.2 Å². The molecule has 2 heterocycles. The van der Waals surface area contributed by atoms with E-state index in [1.54, 1.807) is 0 Å². The maximum Gasteiger partial charge on any atom is 0.150 e. The van der Waals surface area contributed by atoms with Gasteiger partial charge in [0, 0.05) is 25.0 Å². The van der Waals surface area contributed by atoms with E-state index in [4.69, 9.17) is 0 Å². The normalized spacial score (nSPS) is 15.7. The van der Waals surface area contributed by atoms with Crippen LogP contribution in [0.3, 0.4) is 0 Å². The van der Waals surface area contributed by atoms with E-state index in [0.717, 1.165) is 13.0 Å². The topological polar surface area (TPSA) is 21.1 Å². The van der Waals surface area contributed by atoms with Crippen LogP contribution in [-0.2, 0) is 6.42 Å². The van der Waals surface area contributed by atoms with Gasteiger partial charge in [-0.3, -0.25) is 0 Å². The van der Waals surface area contributed by atoms with Gasteiger partial charge in [0.2, 0.25) is 0 Å². The molecule has 78 valence electrons. The summed E-state index contributed by atoms with van der Waals surface area (Å²) < 4.78 is 2.29. The fraction of sp³-hybridized carbons (Fsp3) is 0.727. The third-order valence-corrected chi connectivity index (χ3v) is 2.92. The van der Waals surface area contributed by atoms with Gasteiger partial charge in [-0.2, -0.15) is 0 Å². The Balaban J connectivity index is 2.34. The highest BCUT2D eigenvalue weighted by Gasteiger charge is 2.26. The zero-order chi connectivity index (χ0) is 10.3. The van der Waals surface area contributed by atoms with Gasteiger partial charge in [-0.05, 0) is 27.7 Å². The molecule has 1 aliphatic heterocycles. The van der Waals surface area contributed by atoms with Crippen molar-refractivity contribution in [2.24, 2.45) is 0 Å². The van der Waals surface area contributed by atoms with Crippen LogP contribution in [0.1, 0.15) is 39.4 Å². The molecular formula is C11H19N3. The van der Waals surface area contributed by atoms with Gasteiger partial charge >= 0.3 is 0 Å². The SMILES string of the molecule is CC(C)N1CCc2c1ncn2C(C)C. The van der Waals surface area contributed by atoms with Crippen molar-refractivity contribution in [1.29, 1.82) is 0 Å². The molecule has 1 aromatic rings. The van der Waals surface area contributed by atoms with Gasteiger partial charge in [0.25, 0.3) is 0 Å². The summed E-state index contributed by atoms with van der Waals surface area (Å²) in [5.74, 6) is 1.20. The van der Waals surface area contributed by atoms with Crippen molar-refractivity contribution in [3.63, 3.8) is 0 Å². The van der Waals surface area contributed by atoms with Crippen LogP contribution < -0.4 is 4.90 Å². The van der Waals surface area contributed by atoms with E-state index in [1.807, 2.05) is 6.33 Å². The molecule has 0 spiro atoms. The number of hydrogen-bond donors (Lipinski definition) is 0. The summed E-state index contributed by atoms with van der Waals surface area (Å²) in [4.78, 5) is 6.89. The Labute approximate surface area is 85.7 Å². The van der Waals surface area contributed by atoms with E-state index in [1.165, 1.54) is 11.5 Å². The number of imidazole rings is 1. The maximum atomic E-state index is 4.51. The van der Waals surface area contributed by atoms with Crippen molar-refractivity contribution in [3.8, 4) is 0 Å². The molecule has 0 aliphatic carbocycles. The Kier molecular flexibility index (Phi) is 2.25. The Morgan fingerprint density at radius 2 is 1.93 bits per heavy atom. The number of anilines is 1. The van der Waals surface area contributed by atoms with Crippen LogP contribution >= 0.6 is 0 Å². The highest BCUT2D eigenvalue weighted by atomic mass is 15.3. The second-order valence-electron chi connectivity index (χ2n) is 4.55. The van der Waals surface area contributed by atoms with E-state index in [-0.39, 0.29) is 0 Å². The first-order valence-electron chi connectivity index (χ1n) is 5.43. The summed E-state index contributed by atoms with van der Waals surface area (Å²) in [7, 11) is 0. The lowest BCUT2D eigenvalue weighted by Crippen LogP contribution is -2.28. The van der Waals surface area contributed by atoms with Crippen molar-refractivity contribution in [2.75, 3.05) is 11.4 Å². The van der Waals surface area contributed by atoms with E-state index >= 15 is 0 Å². The first-order chi connectivity index (χ1) is 6.61. The highest BCUT2D eigenvalue weighted by molar-refractivity contribution is 5.50. The number of hydrogen-bond acceptors (Lipinski definition) is 2. The molecule has 0 bridgehead atoms. The van der Waals surface area contributed by atoms with Crippen LogP contribution in [0.15, 0.2) is 6.33 Å². The molecule has 0 radical (unpaired) electrons. The molecular weight excluding hydrogens is 174 g/mol. The summed E-state index contributed by atoms with van der Waals surface area (Å²) in [6.45, 7) is 10.00. The maximum absolute atomic E-state index is 4.51. The zero-order valence-corrected chi connectivity index (χ0v) is 9.49. The van der Waals surface area contributed by atoms with Gasteiger partial charge in [-0.25, -0.2) is 4.98 Å². The van der Waals surface area contributed by atoms with Crippen LogP contribution in [0.2, 0.25) is 0 Å². The first-order valence-corrected chi connectivity index (χ1v) is 5.43. The standard InChI is InChI=1S/C11H19N3/c1-8(2)13-6-5-10-11(13)12-7-14(10)9(3)4/h7-9H,5-6H2,1-4H3. The minimum absolute atomic E-state index is 0.526. The lowest BCUT2D eigenvalue weighted by Gasteiger charge is -2.21. The van der Waals surface area contributed by atoms with Crippen LogP contribution in [0.4, 0.5) is 5.82 Å². The summed E-state index contributed by atoms with van der Waals surface area (Å²) in [6, 6.07) is 1.09. The van der Waals surface area contributed by atoms with Gasteiger partial charge in [0.1, 0.15) is 5.82 Å². The van der Waals surface area contributed by atoms with E-state index in [2.05, 4.69) is 42.1 Å². The van der Waals surface area contributed by atoms with Crippen molar-refractivity contribution in [1.82, 2.24) is 9.55 Å². The van der Waals surface area contributed by atoms with Gasteiger partial charge in [-0.1, -0.05) is 0 Å². The minimum Gasteiger partial charge on any atom is -0.352 e. The second kappa shape index (κ2) is 3.30. The smallest absolute Gasteiger partial charge is 0.150 e. The molecule has 1 aliphatic rings. The molecule has 0 amide bonds. The van der Waals surface area contributed by atoms with Crippen molar-refractivity contribution >= 4 is 5.82 Å². The quantitative estimate of drug-likeness (QED) is 0.718. The largest absolute Gasteiger partial charge is 0.352 e. The molecule has 0 fully saturated rings. The Hall–Kier alpha value is -0.990. The molecule has 0 N–H and O–H groups in total. The number of nitrogens with zero attached hydrogens (tertiary/aromatic N) is 3. The summed E-state index contributed by atoms with van der Waals surface area (Å²) >= 11 is 0. The second-order valence-corrected chi connectivity index (χ2v) is 4.55. The summed E-state index contributed by atoms with van der Waals surface area (Å²) in [6.07, 6.45) is 3.12. The molecule has 2 rings (SSSR count). The summed E-state index contributed by atoms with van der Waals surface area (Å²) in [5, 5.41) is 0. The first kappa shape index (κ1) is 9.56. The number of rotatable bonds is 2. The van der Waals surface area contributed by atoms with Gasteiger partial charge in [0.05, 0.1) is 12.0 Å². The zero-order valence-electron chi connectivity index (χ0n) is 9.49. The lowest BCUT2D eigenvalue weighted by molar-refractivity contribution is 0.576. The van der Waals surface area contributed by atoms with E-state index in [0.29, 0.717) is 12.1 Å². The number of fused-ring (bicyclic) bond motifs is 1. The van der Waals surface area contributed by atoms with E-state index < -0.39 is 0 Å². The molecule has 14 heavy (non-hydrogen) atoms. The minimum atomic E-state index is 0.526. The monoisotopic (exact) mass is 193 g/mol. The molecule has 3 heteroatoms. The Morgan fingerprint density at radius 3 is 2.50 bits per heavy atom. The van der Waals surface area contributed by atoms with Gasteiger partial charge < -0.3 is 9.47 Å². The fourth-order valence-corrected chi connectivity index (χ4v) is 2.14. The van der Waals surface area contributed by atoms with Crippen LogP contribution in [0.25, 0.3) is 0 Å². The molecule has 0 aromatic carbocycles. The van der Waals surface area contributed by atoms with Crippen molar-refractivity contribution < 1.29 is 0 Å². The van der Waals surface area contributed by atoms with Crippen molar-refractivity contribution in [3.05, 3.63) is 12.0 Å². The molecule has 0 atom stereocenters. The third kappa shape index (κ3) is 1.31. The molecule has 1 aromatic heterocycles. The Morgan fingerprint density at radius 1 is 1.21 bits per heavy atom. The highest BCUT2D eigenvalue weighted by Crippen LogP contribution is 2.29. The molecule has 0 unspecified atom stereocenters. The molecule has 3 nitrogen and oxygen atoms in total. The fourth-order valence-electron chi connectivity index (χ4n) is 2.14. The molecule has 0 saturated carbocycles. The number of aromatic nitrogens is 2. The van der Waals surface area contributed by atoms with Crippen LogP contribution in [-0.4, -0.2) is 22.1 Å². The van der Waals surface area contributed by atoms with Gasteiger partial charge in [-0.15, -0.1) is 0 Å².